The Morgan fingerprint density at radius 1 is 1.35 bits per heavy atom. The maximum atomic E-state index is 12.0. The number of nitrogens with one attached hydrogen (secondary N) is 1. The average Bonchev–Trinajstić information content (AvgIpc) is 2.35. The first-order chi connectivity index (χ1) is 9.15. The second kappa shape index (κ2) is 5.88. The van der Waals surface area contributed by atoms with Gasteiger partial charge < -0.3 is 15.7 Å². The topological polar surface area (TPSA) is 130 Å². The van der Waals surface area contributed by atoms with E-state index in [9.17, 15) is 18.0 Å². The van der Waals surface area contributed by atoms with E-state index in [0.29, 0.717) is 0 Å². The molecule has 0 radical (unpaired) electrons. The Kier molecular flexibility index (Phi) is 4.69. The SMILES string of the molecule is CN(C)C(=O)CNS(=O)(=O)c1ccc(C(=O)O)cc1N. The second-order valence-corrected chi connectivity index (χ2v) is 5.91. The first-order valence-corrected chi connectivity index (χ1v) is 6.96. The first-order valence-electron chi connectivity index (χ1n) is 5.48. The van der Waals surface area contributed by atoms with Gasteiger partial charge in [0, 0.05) is 14.1 Å². The lowest BCUT2D eigenvalue weighted by Gasteiger charge is -2.12. The van der Waals surface area contributed by atoms with Crippen molar-refractivity contribution in [2.24, 2.45) is 0 Å². The molecule has 0 heterocycles. The van der Waals surface area contributed by atoms with Gasteiger partial charge in [0.15, 0.2) is 0 Å². The molecule has 4 N–H and O–H groups in total. The summed E-state index contributed by atoms with van der Waals surface area (Å²) in [7, 11) is -0.992. The van der Waals surface area contributed by atoms with Crippen molar-refractivity contribution in [1.82, 2.24) is 9.62 Å². The molecule has 1 aromatic rings. The second-order valence-electron chi connectivity index (χ2n) is 4.17. The Bertz CT molecular complexity index is 639. The lowest BCUT2D eigenvalue weighted by Crippen LogP contribution is -2.36. The Labute approximate surface area is 116 Å². The van der Waals surface area contributed by atoms with E-state index in [1.54, 1.807) is 0 Å². The Morgan fingerprint density at radius 2 is 1.95 bits per heavy atom. The summed E-state index contributed by atoms with van der Waals surface area (Å²) in [5.74, 6) is -1.63. The normalized spacial score (nSPS) is 11.1. The molecule has 1 amide bonds. The lowest BCUT2D eigenvalue weighted by molar-refractivity contribution is -0.127. The van der Waals surface area contributed by atoms with E-state index in [1.807, 2.05) is 0 Å². The molecule has 20 heavy (non-hydrogen) atoms. The van der Waals surface area contributed by atoms with Gasteiger partial charge in [-0.15, -0.1) is 0 Å². The van der Waals surface area contributed by atoms with Crippen molar-refractivity contribution >= 4 is 27.6 Å². The van der Waals surface area contributed by atoms with E-state index in [4.69, 9.17) is 10.8 Å². The summed E-state index contributed by atoms with van der Waals surface area (Å²) in [6, 6.07) is 3.26. The molecule has 8 nitrogen and oxygen atoms in total. The van der Waals surface area contributed by atoms with Gasteiger partial charge in [-0.25, -0.2) is 17.9 Å². The number of benzene rings is 1. The zero-order valence-electron chi connectivity index (χ0n) is 11.0. The van der Waals surface area contributed by atoms with Gasteiger partial charge in [-0.05, 0) is 18.2 Å². The molecule has 0 saturated heterocycles. The van der Waals surface area contributed by atoms with Crippen LogP contribution in [0.1, 0.15) is 10.4 Å². The monoisotopic (exact) mass is 301 g/mol. The fourth-order valence-corrected chi connectivity index (χ4v) is 2.40. The van der Waals surface area contributed by atoms with E-state index < -0.39 is 28.4 Å². The molecule has 0 bridgehead atoms. The van der Waals surface area contributed by atoms with Gasteiger partial charge in [-0.1, -0.05) is 0 Å². The van der Waals surface area contributed by atoms with Gasteiger partial charge >= 0.3 is 5.97 Å². The predicted molar refractivity (Wildman–Crippen MR) is 71.7 cm³/mol. The first kappa shape index (κ1) is 15.9. The lowest BCUT2D eigenvalue weighted by atomic mass is 10.2. The van der Waals surface area contributed by atoms with Crippen molar-refractivity contribution in [3.8, 4) is 0 Å². The minimum atomic E-state index is -3.98. The summed E-state index contributed by atoms with van der Waals surface area (Å²) >= 11 is 0. The Morgan fingerprint density at radius 3 is 2.40 bits per heavy atom. The van der Waals surface area contributed by atoms with Gasteiger partial charge in [-0.3, -0.25) is 4.79 Å². The molecular weight excluding hydrogens is 286 g/mol. The van der Waals surface area contributed by atoms with E-state index in [0.717, 1.165) is 18.2 Å². The number of sulfonamides is 1. The Balaban J connectivity index is 2.99. The van der Waals surface area contributed by atoms with Gasteiger partial charge in [0.1, 0.15) is 4.90 Å². The average molecular weight is 301 g/mol. The maximum absolute atomic E-state index is 12.0. The van der Waals surface area contributed by atoms with Crippen LogP contribution in [-0.2, 0) is 14.8 Å². The molecule has 0 aliphatic heterocycles. The number of carbonyl (C=O) groups is 2. The number of carboxylic acid groups (broad SMARTS) is 1. The molecule has 0 fully saturated rings. The molecule has 0 atom stereocenters. The van der Waals surface area contributed by atoms with Crippen LogP contribution in [0, 0.1) is 0 Å². The number of amides is 1. The number of carboxylic acids is 1. The van der Waals surface area contributed by atoms with Crippen LogP contribution in [-0.4, -0.2) is 50.9 Å². The summed E-state index contributed by atoms with van der Waals surface area (Å²) in [5.41, 5.74) is 5.21. The van der Waals surface area contributed by atoms with Crippen molar-refractivity contribution in [3.63, 3.8) is 0 Å². The molecule has 110 valence electrons. The molecule has 0 aliphatic rings. The molecule has 0 aliphatic carbocycles. The molecule has 0 spiro atoms. The number of aromatic carboxylic acids is 1. The quantitative estimate of drug-likeness (QED) is 0.619. The van der Waals surface area contributed by atoms with Gasteiger partial charge in [0.2, 0.25) is 15.9 Å². The van der Waals surface area contributed by atoms with Crippen molar-refractivity contribution in [1.29, 1.82) is 0 Å². The largest absolute Gasteiger partial charge is 0.478 e. The highest BCUT2D eigenvalue weighted by molar-refractivity contribution is 7.89. The molecule has 9 heteroatoms. The number of nitrogens with zero attached hydrogens (tertiary/aromatic N) is 1. The number of rotatable bonds is 5. The molecule has 0 unspecified atom stereocenters. The van der Waals surface area contributed by atoms with Crippen LogP contribution in [0.5, 0.6) is 0 Å². The number of likely N-dealkylation sites (N-methyl/N-ethyl adjacent to an activating group) is 1. The van der Waals surface area contributed by atoms with Gasteiger partial charge in [0.05, 0.1) is 17.8 Å². The highest BCUT2D eigenvalue weighted by atomic mass is 32.2. The van der Waals surface area contributed by atoms with Crippen LogP contribution in [0.4, 0.5) is 5.69 Å². The summed E-state index contributed by atoms with van der Waals surface area (Å²) < 4.78 is 26.0. The number of hydrogen-bond donors (Lipinski definition) is 3. The standard InChI is InChI=1S/C11H15N3O5S/c1-14(2)10(15)6-13-20(18,19)9-4-3-7(11(16)17)5-8(9)12/h3-5,13H,6,12H2,1-2H3,(H,16,17). The van der Waals surface area contributed by atoms with E-state index >= 15 is 0 Å². The number of nitrogens with two attached hydrogens (primary N) is 1. The molecule has 1 aromatic carbocycles. The third-order valence-electron chi connectivity index (χ3n) is 2.46. The van der Waals surface area contributed by atoms with E-state index in [-0.39, 0.29) is 16.1 Å². The van der Waals surface area contributed by atoms with E-state index in [1.165, 1.54) is 19.0 Å². The number of carbonyl (C=O) groups excluding carboxylic acids is 1. The fraction of sp³-hybridized carbons (Fsp3) is 0.273. The molecule has 0 saturated carbocycles. The highest BCUT2D eigenvalue weighted by Crippen LogP contribution is 2.19. The van der Waals surface area contributed by atoms with Crippen molar-refractivity contribution < 1.29 is 23.1 Å². The summed E-state index contributed by atoms with van der Waals surface area (Å²) in [5, 5.41) is 8.77. The zero-order valence-corrected chi connectivity index (χ0v) is 11.8. The van der Waals surface area contributed by atoms with Crippen LogP contribution in [0.25, 0.3) is 0 Å². The minimum absolute atomic E-state index is 0.120. The van der Waals surface area contributed by atoms with Gasteiger partial charge in [-0.2, -0.15) is 0 Å². The number of hydrogen-bond acceptors (Lipinski definition) is 5. The minimum Gasteiger partial charge on any atom is -0.478 e. The van der Waals surface area contributed by atoms with E-state index in [2.05, 4.69) is 4.72 Å². The maximum Gasteiger partial charge on any atom is 0.335 e. The van der Waals surface area contributed by atoms with Crippen molar-refractivity contribution in [3.05, 3.63) is 23.8 Å². The number of anilines is 1. The third-order valence-corrected chi connectivity index (χ3v) is 3.93. The van der Waals surface area contributed by atoms with Crippen LogP contribution < -0.4 is 10.5 Å². The molecule has 1 rings (SSSR count). The third kappa shape index (κ3) is 3.68. The summed E-state index contributed by atoms with van der Waals surface area (Å²) in [6.07, 6.45) is 0. The summed E-state index contributed by atoms with van der Waals surface area (Å²) in [4.78, 5) is 23.0. The van der Waals surface area contributed by atoms with Crippen molar-refractivity contribution in [2.75, 3.05) is 26.4 Å². The molecule has 0 aromatic heterocycles. The smallest absolute Gasteiger partial charge is 0.335 e. The van der Waals surface area contributed by atoms with Crippen LogP contribution >= 0.6 is 0 Å². The molecular formula is C11H15N3O5S. The van der Waals surface area contributed by atoms with Gasteiger partial charge in [0.25, 0.3) is 0 Å². The fourth-order valence-electron chi connectivity index (χ4n) is 1.32. The zero-order chi connectivity index (χ0) is 15.5. The van der Waals surface area contributed by atoms with Crippen LogP contribution in [0.3, 0.4) is 0 Å². The predicted octanol–water partition coefficient (Wildman–Crippen LogP) is -0.666. The van der Waals surface area contributed by atoms with Crippen LogP contribution in [0.2, 0.25) is 0 Å². The van der Waals surface area contributed by atoms with Crippen molar-refractivity contribution in [2.45, 2.75) is 4.90 Å². The Hall–Kier alpha value is -2.13. The number of nitrogen functional groups attached to an aromatic ring is 1. The highest BCUT2D eigenvalue weighted by Gasteiger charge is 2.20. The summed E-state index contributed by atoms with van der Waals surface area (Å²) in [6.45, 7) is -0.407. The van der Waals surface area contributed by atoms with Crippen LogP contribution in [0.15, 0.2) is 23.1 Å².